The Labute approximate surface area is 210 Å². The number of aliphatic hydroxyl groups excluding tert-OH is 1. The maximum Gasteiger partial charge on any atom is 0.137 e. The predicted molar refractivity (Wildman–Crippen MR) is 131 cm³/mol. The van der Waals surface area contributed by atoms with Gasteiger partial charge in [0.2, 0.25) is 0 Å². The van der Waals surface area contributed by atoms with E-state index >= 15 is 0 Å². The molecule has 3 heterocycles. The molecule has 0 aromatic rings. The third-order valence-corrected chi connectivity index (χ3v) is 10.0. The molecule has 8 nitrogen and oxygen atoms in total. The van der Waals surface area contributed by atoms with Crippen LogP contribution in [-0.4, -0.2) is 88.5 Å². The predicted octanol–water partition coefficient (Wildman–Crippen LogP) is 1.04. The fourth-order valence-electron chi connectivity index (χ4n) is 7.89. The van der Waals surface area contributed by atoms with Crippen molar-refractivity contribution in [3.8, 4) is 0 Å². The number of rotatable bonds is 7. The lowest BCUT2D eigenvalue weighted by Gasteiger charge is -2.52. The fourth-order valence-corrected chi connectivity index (χ4v) is 7.89. The van der Waals surface area contributed by atoms with Crippen molar-refractivity contribution >= 4 is 0 Å². The van der Waals surface area contributed by atoms with Gasteiger partial charge in [0.25, 0.3) is 0 Å². The first kappa shape index (κ1) is 26.3. The van der Waals surface area contributed by atoms with Gasteiger partial charge in [-0.3, -0.25) is 5.73 Å². The molecule has 0 radical (unpaired) electrons. The number of ether oxygens (including phenoxy) is 5. The maximum atomic E-state index is 11.6. The molecule has 0 spiro atoms. The Morgan fingerprint density at radius 1 is 0.829 bits per heavy atom. The summed E-state index contributed by atoms with van der Waals surface area (Å²) in [5.41, 5.74) is 6.19. The van der Waals surface area contributed by atoms with E-state index in [1.165, 1.54) is 6.42 Å². The second-order valence-electron chi connectivity index (χ2n) is 11.9. The molecule has 3 aliphatic heterocycles. The first-order chi connectivity index (χ1) is 17.1. The van der Waals surface area contributed by atoms with E-state index in [9.17, 15) is 5.11 Å². The minimum Gasteiger partial charge on any atom is -0.392 e. The van der Waals surface area contributed by atoms with Crippen LogP contribution >= 0.6 is 0 Å². The van der Waals surface area contributed by atoms with Crippen molar-refractivity contribution < 1.29 is 34.1 Å². The highest BCUT2D eigenvalue weighted by Gasteiger charge is 2.52. The normalized spacial score (nSPS) is 48.7. The minimum atomic E-state index is -0.406. The number of hydrogen-bond donors (Lipinski definition) is 3. The topological polar surface area (TPSA) is 109 Å². The molecule has 202 valence electrons. The first-order valence-corrected chi connectivity index (χ1v) is 14.2. The van der Waals surface area contributed by atoms with Crippen molar-refractivity contribution in [1.29, 1.82) is 0 Å². The van der Waals surface area contributed by atoms with E-state index in [-0.39, 0.29) is 54.4 Å². The molecule has 5 fully saturated rings. The molecule has 5 aliphatic rings. The molecule has 0 bridgehead atoms. The number of fused-ring (bicyclic) bond motifs is 2. The van der Waals surface area contributed by atoms with Gasteiger partial charge in [0, 0.05) is 50.9 Å². The summed E-state index contributed by atoms with van der Waals surface area (Å²) in [4.78, 5) is 0. The van der Waals surface area contributed by atoms with Crippen molar-refractivity contribution in [3.63, 3.8) is 0 Å². The molecular formula is C27H49N2O6+. The second-order valence-corrected chi connectivity index (χ2v) is 11.9. The Morgan fingerprint density at radius 2 is 1.49 bits per heavy atom. The van der Waals surface area contributed by atoms with Crippen LogP contribution in [0.5, 0.6) is 0 Å². The smallest absolute Gasteiger partial charge is 0.137 e. The molecule has 0 amide bonds. The van der Waals surface area contributed by atoms with Gasteiger partial charge in [-0.25, -0.2) is 0 Å². The zero-order chi connectivity index (χ0) is 24.4. The third-order valence-electron chi connectivity index (χ3n) is 10.0. The Bertz CT molecular complexity index is 670. The van der Waals surface area contributed by atoms with Gasteiger partial charge in [-0.1, -0.05) is 0 Å². The lowest BCUT2D eigenvalue weighted by Crippen LogP contribution is -2.94. The molecule has 8 heteroatoms. The summed E-state index contributed by atoms with van der Waals surface area (Å²) in [7, 11) is 3.60. The standard InChI is InChI=1S/C27H48N2O6/c1-31-17-3-5-23-19(12-17)26(30)21(14-34-23)22-15-35-24-6-4-18(32-2)13-20(24)27(22)33-10-8-16-7-9-29-25(28)11-16/h16-27,29-30H,3-15,28H2,1-2H3/p+1. The van der Waals surface area contributed by atoms with E-state index in [4.69, 9.17) is 29.4 Å². The van der Waals surface area contributed by atoms with Crippen LogP contribution in [-0.2, 0) is 23.7 Å². The summed E-state index contributed by atoms with van der Waals surface area (Å²) < 4.78 is 31.1. The van der Waals surface area contributed by atoms with Crippen molar-refractivity contribution in [3.05, 3.63) is 0 Å². The van der Waals surface area contributed by atoms with Gasteiger partial charge in [-0.15, -0.1) is 0 Å². The molecule has 35 heavy (non-hydrogen) atoms. The molecule has 2 aliphatic carbocycles. The van der Waals surface area contributed by atoms with Gasteiger partial charge < -0.3 is 34.1 Å². The molecule has 3 saturated heterocycles. The van der Waals surface area contributed by atoms with Gasteiger partial charge in [0.15, 0.2) is 0 Å². The first-order valence-electron chi connectivity index (χ1n) is 14.2. The number of nitrogens with two attached hydrogens (primary N) is 2. The zero-order valence-electron chi connectivity index (χ0n) is 21.8. The minimum absolute atomic E-state index is 0.0263. The van der Waals surface area contributed by atoms with Crippen LogP contribution < -0.4 is 11.1 Å². The largest absolute Gasteiger partial charge is 0.392 e. The van der Waals surface area contributed by atoms with Crippen molar-refractivity contribution in [1.82, 2.24) is 0 Å². The Hall–Kier alpha value is -0.320. The van der Waals surface area contributed by atoms with Crippen LogP contribution in [0.3, 0.4) is 0 Å². The molecular weight excluding hydrogens is 448 g/mol. The molecule has 0 aromatic carbocycles. The average molecular weight is 498 g/mol. The van der Waals surface area contributed by atoms with E-state index in [0.717, 1.165) is 64.5 Å². The molecule has 5 rings (SSSR count). The molecule has 5 N–H and O–H groups in total. The van der Waals surface area contributed by atoms with Crippen LogP contribution in [0.2, 0.25) is 0 Å². The summed E-state index contributed by atoms with van der Waals surface area (Å²) in [6.07, 6.45) is 9.94. The van der Waals surface area contributed by atoms with E-state index in [2.05, 4.69) is 5.32 Å². The van der Waals surface area contributed by atoms with E-state index in [0.29, 0.717) is 25.0 Å². The Morgan fingerprint density at radius 3 is 2.17 bits per heavy atom. The molecule has 2 saturated carbocycles. The quantitative estimate of drug-likeness (QED) is 0.482. The molecule has 12 unspecified atom stereocenters. The highest BCUT2D eigenvalue weighted by molar-refractivity contribution is 5.00. The van der Waals surface area contributed by atoms with Gasteiger partial charge in [0.1, 0.15) is 6.17 Å². The lowest BCUT2D eigenvalue weighted by atomic mass is 9.67. The van der Waals surface area contributed by atoms with Crippen molar-refractivity contribution in [2.24, 2.45) is 35.3 Å². The lowest BCUT2D eigenvalue weighted by molar-refractivity contribution is -0.699. The monoisotopic (exact) mass is 497 g/mol. The van der Waals surface area contributed by atoms with Crippen LogP contribution in [0.15, 0.2) is 0 Å². The number of aliphatic hydroxyl groups is 1. The van der Waals surface area contributed by atoms with Crippen molar-refractivity contribution in [2.45, 2.75) is 101 Å². The highest BCUT2D eigenvalue weighted by atomic mass is 16.5. The molecule has 0 aromatic heterocycles. The van der Waals surface area contributed by atoms with E-state index < -0.39 is 6.10 Å². The second kappa shape index (κ2) is 12.0. The van der Waals surface area contributed by atoms with Gasteiger partial charge in [0.05, 0.1) is 56.4 Å². The fraction of sp³-hybridized carbons (Fsp3) is 1.00. The highest BCUT2D eigenvalue weighted by Crippen LogP contribution is 2.46. The summed E-state index contributed by atoms with van der Waals surface area (Å²) in [6.45, 7) is 3.10. The summed E-state index contributed by atoms with van der Waals surface area (Å²) in [5, 5.41) is 13.9. The summed E-state index contributed by atoms with van der Waals surface area (Å²) >= 11 is 0. The third kappa shape index (κ3) is 5.90. The van der Waals surface area contributed by atoms with E-state index in [1.54, 1.807) is 7.11 Å². The zero-order valence-corrected chi connectivity index (χ0v) is 21.8. The summed E-state index contributed by atoms with van der Waals surface area (Å²) in [6, 6.07) is 0. The average Bonchev–Trinajstić information content (AvgIpc) is 2.89. The van der Waals surface area contributed by atoms with Crippen LogP contribution in [0.4, 0.5) is 0 Å². The number of quaternary nitrogens is 1. The number of methoxy groups -OCH3 is 2. The Balaban J connectivity index is 1.28. The van der Waals surface area contributed by atoms with Crippen LogP contribution in [0, 0.1) is 29.6 Å². The van der Waals surface area contributed by atoms with E-state index in [1.807, 2.05) is 7.11 Å². The van der Waals surface area contributed by atoms with Crippen LogP contribution in [0.1, 0.15) is 57.8 Å². The van der Waals surface area contributed by atoms with Crippen molar-refractivity contribution in [2.75, 3.05) is 40.6 Å². The van der Waals surface area contributed by atoms with Gasteiger partial charge >= 0.3 is 0 Å². The van der Waals surface area contributed by atoms with Gasteiger partial charge in [-0.2, -0.15) is 0 Å². The van der Waals surface area contributed by atoms with Gasteiger partial charge in [-0.05, 0) is 57.3 Å². The molecule has 12 atom stereocenters. The summed E-state index contributed by atoms with van der Waals surface area (Å²) in [5.74, 6) is 1.23. The Kier molecular flexibility index (Phi) is 9.04. The maximum absolute atomic E-state index is 11.6. The number of piperidine rings is 1. The SMILES string of the molecule is COC1CCC2OCC(C3COC4CCC(OC)CC4C3OCCC3CC[NH2+]C(N)C3)C(O)C2C1. The number of hydrogen-bond acceptors (Lipinski definition) is 7. The van der Waals surface area contributed by atoms with Crippen LogP contribution in [0.25, 0.3) is 0 Å².